The van der Waals surface area contributed by atoms with Gasteiger partial charge in [-0.05, 0) is 37.5 Å². The number of hydrogen-bond acceptors (Lipinski definition) is 4. The summed E-state index contributed by atoms with van der Waals surface area (Å²) >= 11 is 6.00. The molecule has 1 saturated carbocycles. The number of halogens is 1. The molecule has 5 heteroatoms. The molecule has 0 N–H and O–H groups in total. The van der Waals surface area contributed by atoms with E-state index in [2.05, 4.69) is 16.0 Å². The molecule has 0 radical (unpaired) electrons. The second-order valence-corrected chi connectivity index (χ2v) is 5.24. The number of aryl methyl sites for hydroxylation is 1. The lowest BCUT2D eigenvalue weighted by Crippen LogP contribution is -1.97. The number of aromatic nitrogens is 2. The molecule has 1 fully saturated rings. The van der Waals surface area contributed by atoms with E-state index in [-0.39, 0.29) is 0 Å². The Labute approximate surface area is 122 Å². The smallest absolute Gasteiger partial charge is 0.224 e. The number of hydrogen-bond donors (Lipinski definition) is 0. The molecule has 100 valence electrons. The summed E-state index contributed by atoms with van der Waals surface area (Å²) in [6.07, 6.45) is 2.20. The van der Waals surface area contributed by atoms with Crippen LogP contribution in [0.25, 0.3) is 0 Å². The van der Waals surface area contributed by atoms with Gasteiger partial charge in [0.1, 0.15) is 16.7 Å². The van der Waals surface area contributed by atoms with Crippen molar-refractivity contribution >= 4 is 11.6 Å². The molecule has 4 nitrogen and oxygen atoms in total. The Morgan fingerprint density at radius 2 is 2.10 bits per heavy atom. The second kappa shape index (κ2) is 5.10. The van der Waals surface area contributed by atoms with Crippen LogP contribution in [0.15, 0.2) is 24.3 Å². The minimum absolute atomic E-state index is 0.381. The molecule has 1 aliphatic carbocycles. The van der Waals surface area contributed by atoms with Crippen molar-refractivity contribution in [3.05, 3.63) is 46.4 Å². The highest BCUT2D eigenvalue weighted by Crippen LogP contribution is 2.39. The van der Waals surface area contributed by atoms with Crippen molar-refractivity contribution in [1.82, 2.24) is 9.97 Å². The van der Waals surface area contributed by atoms with Gasteiger partial charge < -0.3 is 4.74 Å². The molecule has 0 atom stereocenters. The van der Waals surface area contributed by atoms with Gasteiger partial charge in [-0.1, -0.05) is 17.7 Å². The number of benzene rings is 1. The highest BCUT2D eigenvalue weighted by Gasteiger charge is 2.27. The molecule has 0 aliphatic heterocycles. The number of ether oxygens (including phenoxy) is 1. The predicted molar refractivity (Wildman–Crippen MR) is 75.0 cm³/mol. The molecule has 20 heavy (non-hydrogen) atoms. The van der Waals surface area contributed by atoms with E-state index in [1.54, 1.807) is 18.2 Å². The van der Waals surface area contributed by atoms with Gasteiger partial charge in [-0.2, -0.15) is 10.2 Å². The van der Waals surface area contributed by atoms with Crippen molar-refractivity contribution in [2.45, 2.75) is 25.7 Å². The topological polar surface area (TPSA) is 58.8 Å². The molecular formula is C15H12ClN3O. The second-order valence-electron chi connectivity index (χ2n) is 4.86. The summed E-state index contributed by atoms with van der Waals surface area (Å²) in [6, 6.07) is 8.98. The third-order valence-corrected chi connectivity index (χ3v) is 3.36. The van der Waals surface area contributed by atoms with Crippen molar-refractivity contribution in [2.24, 2.45) is 0 Å². The van der Waals surface area contributed by atoms with Crippen LogP contribution in [0.3, 0.4) is 0 Å². The zero-order valence-electron chi connectivity index (χ0n) is 10.9. The molecule has 1 aromatic carbocycles. The lowest BCUT2D eigenvalue weighted by Gasteiger charge is -2.09. The van der Waals surface area contributed by atoms with Crippen molar-refractivity contribution in [2.75, 3.05) is 0 Å². The van der Waals surface area contributed by atoms with Crippen LogP contribution in [-0.2, 0) is 0 Å². The first-order valence-electron chi connectivity index (χ1n) is 6.39. The fraction of sp³-hybridized carbons (Fsp3) is 0.267. The van der Waals surface area contributed by atoms with Crippen molar-refractivity contribution in [1.29, 1.82) is 5.26 Å². The molecule has 0 unspecified atom stereocenters. The predicted octanol–water partition coefficient (Wildman–Crippen LogP) is 3.98. The molecule has 2 aromatic rings. The van der Waals surface area contributed by atoms with Crippen molar-refractivity contribution < 1.29 is 4.74 Å². The van der Waals surface area contributed by atoms with E-state index in [9.17, 15) is 0 Å². The van der Waals surface area contributed by atoms with Gasteiger partial charge in [-0.15, -0.1) is 0 Å². The molecule has 1 aromatic heterocycles. The zero-order valence-corrected chi connectivity index (χ0v) is 11.7. The summed E-state index contributed by atoms with van der Waals surface area (Å²) in [5, 5.41) is 9.32. The van der Waals surface area contributed by atoms with Gasteiger partial charge in [0.25, 0.3) is 0 Å². The maximum atomic E-state index is 8.94. The lowest BCUT2D eigenvalue weighted by atomic mass is 10.1. The normalized spacial score (nSPS) is 13.8. The minimum atomic E-state index is 0.381. The molecule has 0 amide bonds. The minimum Gasteiger partial charge on any atom is -0.439 e. The summed E-state index contributed by atoms with van der Waals surface area (Å²) in [4.78, 5) is 8.60. The van der Waals surface area contributed by atoms with Crippen LogP contribution >= 0.6 is 11.6 Å². The van der Waals surface area contributed by atoms with Crippen LogP contribution in [0.5, 0.6) is 11.6 Å². The Bertz CT molecular complexity index is 705. The Kier molecular flexibility index (Phi) is 3.29. The van der Waals surface area contributed by atoms with Gasteiger partial charge in [-0.3, -0.25) is 0 Å². The first kappa shape index (κ1) is 12.9. The van der Waals surface area contributed by atoms with Crippen LogP contribution in [-0.4, -0.2) is 9.97 Å². The van der Waals surface area contributed by atoms with Gasteiger partial charge in [0, 0.05) is 12.0 Å². The Hall–Kier alpha value is -2.12. The van der Waals surface area contributed by atoms with E-state index < -0.39 is 0 Å². The summed E-state index contributed by atoms with van der Waals surface area (Å²) in [6.45, 7) is 1.92. The average molecular weight is 286 g/mol. The van der Waals surface area contributed by atoms with Gasteiger partial charge >= 0.3 is 0 Å². The van der Waals surface area contributed by atoms with Crippen LogP contribution in [0.2, 0.25) is 5.15 Å². The van der Waals surface area contributed by atoms with Gasteiger partial charge in [0.05, 0.1) is 11.6 Å². The van der Waals surface area contributed by atoms with E-state index in [0.29, 0.717) is 28.3 Å². The maximum absolute atomic E-state index is 8.94. The molecule has 3 rings (SSSR count). The first-order valence-corrected chi connectivity index (χ1v) is 6.76. The van der Waals surface area contributed by atoms with E-state index in [0.717, 1.165) is 24.2 Å². The van der Waals surface area contributed by atoms with E-state index in [1.165, 1.54) is 0 Å². The largest absolute Gasteiger partial charge is 0.439 e. The zero-order chi connectivity index (χ0) is 14.1. The van der Waals surface area contributed by atoms with Gasteiger partial charge in [0.15, 0.2) is 0 Å². The maximum Gasteiger partial charge on any atom is 0.224 e. The third kappa shape index (κ3) is 2.73. The third-order valence-electron chi connectivity index (χ3n) is 3.16. The number of rotatable bonds is 3. The summed E-state index contributed by atoms with van der Waals surface area (Å²) < 4.78 is 5.76. The van der Waals surface area contributed by atoms with Crippen LogP contribution in [0.1, 0.15) is 35.7 Å². The van der Waals surface area contributed by atoms with Gasteiger partial charge in [0.2, 0.25) is 5.88 Å². The number of nitriles is 1. The summed E-state index contributed by atoms with van der Waals surface area (Å²) in [5.74, 6) is 2.18. The average Bonchev–Trinajstić information content (AvgIpc) is 3.25. The van der Waals surface area contributed by atoms with Gasteiger partial charge in [-0.25, -0.2) is 4.98 Å². The molecule has 0 saturated heterocycles. The monoisotopic (exact) mass is 285 g/mol. The Morgan fingerprint density at radius 1 is 1.30 bits per heavy atom. The lowest BCUT2D eigenvalue weighted by molar-refractivity contribution is 0.455. The highest BCUT2D eigenvalue weighted by atomic mass is 35.5. The molecule has 1 aliphatic rings. The molecule has 1 heterocycles. The Morgan fingerprint density at radius 3 is 2.80 bits per heavy atom. The fourth-order valence-corrected chi connectivity index (χ4v) is 2.06. The first-order chi connectivity index (χ1) is 9.65. The fourth-order valence-electron chi connectivity index (χ4n) is 1.88. The van der Waals surface area contributed by atoms with Crippen molar-refractivity contribution in [3.8, 4) is 17.7 Å². The number of nitrogens with zero attached hydrogens (tertiary/aromatic N) is 3. The van der Waals surface area contributed by atoms with Crippen LogP contribution in [0.4, 0.5) is 0 Å². The Balaban J connectivity index is 1.93. The molecule has 0 bridgehead atoms. The summed E-state index contributed by atoms with van der Waals surface area (Å²) in [7, 11) is 0. The van der Waals surface area contributed by atoms with E-state index >= 15 is 0 Å². The quantitative estimate of drug-likeness (QED) is 0.800. The van der Waals surface area contributed by atoms with E-state index in [4.69, 9.17) is 21.6 Å². The SMILES string of the molecule is Cc1ccc(C#N)cc1Oc1cc(Cl)nc(C2CC2)n1. The van der Waals surface area contributed by atoms with E-state index in [1.807, 2.05) is 13.0 Å². The standard InChI is InChI=1S/C15H12ClN3O/c1-9-2-3-10(8-17)6-12(9)20-14-7-13(16)18-15(19-14)11-4-5-11/h2-3,6-7,11H,4-5H2,1H3. The van der Waals surface area contributed by atoms with Crippen LogP contribution in [0, 0.1) is 18.3 Å². The highest BCUT2D eigenvalue weighted by molar-refractivity contribution is 6.29. The molecule has 0 spiro atoms. The summed E-state index contributed by atoms with van der Waals surface area (Å²) in [5.41, 5.74) is 1.49. The molecular weight excluding hydrogens is 274 g/mol. The van der Waals surface area contributed by atoms with Crippen LogP contribution < -0.4 is 4.74 Å². The van der Waals surface area contributed by atoms with Crippen molar-refractivity contribution in [3.63, 3.8) is 0 Å².